The Morgan fingerprint density at radius 1 is 1.10 bits per heavy atom. The molecule has 0 amide bonds. The summed E-state index contributed by atoms with van der Waals surface area (Å²) < 4.78 is 2.33. The van der Waals surface area contributed by atoms with Crippen molar-refractivity contribution in [3.63, 3.8) is 0 Å². The molecule has 20 heavy (non-hydrogen) atoms. The molecule has 0 spiro atoms. The molecule has 0 bridgehead atoms. The van der Waals surface area contributed by atoms with Crippen LogP contribution in [0.2, 0.25) is 0 Å². The maximum Gasteiger partial charge on any atom is 0.0455 e. The van der Waals surface area contributed by atoms with Crippen LogP contribution in [0.4, 0.5) is 0 Å². The Kier molecular flexibility index (Phi) is 4.34. The van der Waals surface area contributed by atoms with Crippen LogP contribution in [0.1, 0.15) is 44.1 Å². The van der Waals surface area contributed by atoms with Crippen molar-refractivity contribution in [3.8, 4) is 5.69 Å². The second kappa shape index (κ2) is 5.84. The van der Waals surface area contributed by atoms with Gasteiger partial charge in [-0.2, -0.15) is 0 Å². The minimum absolute atomic E-state index is 0.190. The van der Waals surface area contributed by atoms with E-state index in [0.29, 0.717) is 0 Å². The number of nitrogens with zero attached hydrogens (tertiary/aromatic N) is 1. The Hall–Kier alpha value is -1.54. The van der Waals surface area contributed by atoms with E-state index in [-0.39, 0.29) is 5.54 Å². The van der Waals surface area contributed by atoms with Crippen molar-refractivity contribution in [2.24, 2.45) is 0 Å². The fraction of sp³-hybridized carbons (Fsp3) is 0.444. The molecule has 2 rings (SSSR count). The molecule has 1 N–H and O–H groups in total. The molecule has 2 aromatic rings. The third-order valence-electron chi connectivity index (χ3n) is 4.19. The van der Waals surface area contributed by atoms with Crippen LogP contribution in [-0.2, 0) is 6.54 Å². The SMILES string of the molecule is CCC(C)(C)NCc1cc(C)n(-c2ccccc2)c1C. The molecular formula is C18H26N2. The van der Waals surface area contributed by atoms with Gasteiger partial charge in [-0.15, -0.1) is 0 Å². The molecule has 0 aliphatic heterocycles. The summed E-state index contributed by atoms with van der Waals surface area (Å²) in [5.74, 6) is 0. The second-order valence-electron chi connectivity index (χ2n) is 6.16. The molecule has 1 aromatic heterocycles. The Morgan fingerprint density at radius 3 is 2.35 bits per heavy atom. The molecule has 108 valence electrons. The summed E-state index contributed by atoms with van der Waals surface area (Å²) in [5.41, 5.74) is 5.43. The summed E-state index contributed by atoms with van der Waals surface area (Å²) in [6, 6.07) is 12.9. The highest BCUT2D eigenvalue weighted by Crippen LogP contribution is 2.21. The molecule has 0 aliphatic rings. The molecule has 0 unspecified atom stereocenters. The van der Waals surface area contributed by atoms with E-state index in [2.05, 4.69) is 80.9 Å². The van der Waals surface area contributed by atoms with Crippen molar-refractivity contribution < 1.29 is 0 Å². The molecule has 0 atom stereocenters. The van der Waals surface area contributed by atoms with Crippen molar-refractivity contribution in [2.45, 2.75) is 53.1 Å². The number of benzene rings is 1. The molecular weight excluding hydrogens is 244 g/mol. The lowest BCUT2D eigenvalue weighted by Gasteiger charge is -2.24. The summed E-state index contributed by atoms with van der Waals surface area (Å²) in [6.07, 6.45) is 1.13. The molecule has 0 fully saturated rings. The maximum atomic E-state index is 3.64. The lowest BCUT2D eigenvalue weighted by molar-refractivity contribution is 0.374. The van der Waals surface area contributed by atoms with Crippen LogP contribution in [-0.4, -0.2) is 10.1 Å². The number of nitrogens with one attached hydrogen (secondary N) is 1. The van der Waals surface area contributed by atoms with Gasteiger partial charge in [0.15, 0.2) is 0 Å². The lowest BCUT2D eigenvalue weighted by atomic mass is 10.0. The standard InChI is InChI=1S/C18H26N2/c1-6-18(4,5)19-13-16-12-14(2)20(15(16)3)17-10-8-7-9-11-17/h7-12,19H,6,13H2,1-5H3. The Morgan fingerprint density at radius 2 is 1.75 bits per heavy atom. The highest BCUT2D eigenvalue weighted by atomic mass is 15.0. The zero-order valence-corrected chi connectivity index (χ0v) is 13.3. The third kappa shape index (κ3) is 3.13. The Bertz CT molecular complexity index is 565. The minimum Gasteiger partial charge on any atom is -0.318 e. The van der Waals surface area contributed by atoms with E-state index in [1.807, 2.05) is 0 Å². The van der Waals surface area contributed by atoms with E-state index < -0.39 is 0 Å². The van der Waals surface area contributed by atoms with Gasteiger partial charge in [0, 0.05) is 29.2 Å². The Balaban J connectivity index is 2.26. The fourth-order valence-electron chi connectivity index (χ4n) is 2.44. The van der Waals surface area contributed by atoms with Crippen LogP contribution in [0.25, 0.3) is 5.69 Å². The van der Waals surface area contributed by atoms with E-state index >= 15 is 0 Å². The molecule has 0 radical (unpaired) electrons. The van der Waals surface area contributed by atoms with E-state index in [0.717, 1.165) is 13.0 Å². The number of aromatic nitrogens is 1. The first-order valence-electron chi connectivity index (χ1n) is 7.43. The predicted molar refractivity (Wildman–Crippen MR) is 86.5 cm³/mol. The Labute approximate surface area is 122 Å². The van der Waals surface area contributed by atoms with E-state index in [1.165, 1.54) is 22.6 Å². The topological polar surface area (TPSA) is 17.0 Å². The minimum atomic E-state index is 0.190. The molecule has 0 saturated carbocycles. The van der Waals surface area contributed by atoms with Gasteiger partial charge in [0.1, 0.15) is 0 Å². The van der Waals surface area contributed by atoms with Crippen LogP contribution in [0, 0.1) is 13.8 Å². The van der Waals surface area contributed by atoms with Crippen LogP contribution in [0.15, 0.2) is 36.4 Å². The van der Waals surface area contributed by atoms with Crippen LogP contribution >= 0.6 is 0 Å². The fourth-order valence-corrected chi connectivity index (χ4v) is 2.44. The first-order valence-corrected chi connectivity index (χ1v) is 7.43. The van der Waals surface area contributed by atoms with Gasteiger partial charge < -0.3 is 9.88 Å². The van der Waals surface area contributed by atoms with Crippen LogP contribution in [0.5, 0.6) is 0 Å². The second-order valence-corrected chi connectivity index (χ2v) is 6.16. The van der Waals surface area contributed by atoms with Gasteiger partial charge in [0.25, 0.3) is 0 Å². The normalized spacial score (nSPS) is 11.8. The monoisotopic (exact) mass is 270 g/mol. The zero-order chi connectivity index (χ0) is 14.8. The van der Waals surface area contributed by atoms with Gasteiger partial charge in [-0.1, -0.05) is 25.1 Å². The van der Waals surface area contributed by atoms with Crippen molar-refractivity contribution in [3.05, 3.63) is 53.3 Å². The average Bonchev–Trinajstić information content (AvgIpc) is 2.72. The number of aryl methyl sites for hydroxylation is 1. The largest absolute Gasteiger partial charge is 0.318 e. The molecule has 2 nitrogen and oxygen atoms in total. The summed E-state index contributed by atoms with van der Waals surface area (Å²) in [5, 5.41) is 3.64. The van der Waals surface area contributed by atoms with Gasteiger partial charge in [0.2, 0.25) is 0 Å². The van der Waals surface area contributed by atoms with E-state index in [4.69, 9.17) is 0 Å². The average molecular weight is 270 g/mol. The van der Waals surface area contributed by atoms with Gasteiger partial charge in [-0.05, 0) is 57.9 Å². The van der Waals surface area contributed by atoms with Gasteiger partial charge in [0.05, 0.1) is 0 Å². The maximum absolute atomic E-state index is 3.64. The highest BCUT2D eigenvalue weighted by Gasteiger charge is 2.16. The summed E-state index contributed by atoms with van der Waals surface area (Å²) in [7, 11) is 0. The van der Waals surface area contributed by atoms with Gasteiger partial charge in [-0.3, -0.25) is 0 Å². The van der Waals surface area contributed by atoms with Gasteiger partial charge in [-0.25, -0.2) is 0 Å². The lowest BCUT2D eigenvalue weighted by Crippen LogP contribution is -2.37. The van der Waals surface area contributed by atoms with Crippen molar-refractivity contribution >= 4 is 0 Å². The smallest absolute Gasteiger partial charge is 0.0455 e. The number of hydrogen-bond acceptors (Lipinski definition) is 1. The van der Waals surface area contributed by atoms with E-state index in [1.54, 1.807) is 0 Å². The van der Waals surface area contributed by atoms with Gasteiger partial charge >= 0.3 is 0 Å². The van der Waals surface area contributed by atoms with Crippen LogP contribution in [0.3, 0.4) is 0 Å². The summed E-state index contributed by atoms with van der Waals surface area (Å²) in [6.45, 7) is 12.0. The molecule has 0 saturated heterocycles. The van der Waals surface area contributed by atoms with Crippen LogP contribution < -0.4 is 5.32 Å². The third-order valence-corrected chi connectivity index (χ3v) is 4.19. The van der Waals surface area contributed by atoms with Crippen molar-refractivity contribution in [1.82, 2.24) is 9.88 Å². The summed E-state index contributed by atoms with van der Waals surface area (Å²) >= 11 is 0. The summed E-state index contributed by atoms with van der Waals surface area (Å²) in [4.78, 5) is 0. The van der Waals surface area contributed by atoms with Crippen molar-refractivity contribution in [1.29, 1.82) is 0 Å². The number of para-hydroxylation sites is 1. The first kappa shape index (κ1) is 14.9. The molecule has 1 heterocycles. The van der Waals surface area contributed by atoms with Crippen molar-refractivity contribution in [2.75, 3.05) is 0 Å². The molecule has 2 heteroatoms. The molecule has 1 aromatic carbocycles. The highest BCUT2D eigenvalue weighted by molar-refractivity contribution is 5.40. The van der Waals surface area contributed by atoms with E-state index in [9.17, 15) is 0 Å². The predicted octanol–water partition coefficient (Wildman–Crippen LogP) is 4.37. The number of hydrogen-bond donors (Lipinski definition) is 1. The zero-order valence-electron chi connectivity index (χ0n) is 13.3. The molecule has 0 aliphatic carbocycles. The number of rotatable bonds is 5. The first-order chi connectivity index (χ1) is 9.44. The quantitative estimate of drug-likeness (QED) is 0.853.